The summed E-state index contributed by atoms with van der Waals surface area (Å²) in [6.45, 7) is 3.45. The van der Waals surface area contributed by atoms with Crippen LogP contribution in [0.3, 0.4) is 0 Å². The zero-order chi connectivity index (χ0) is 15.7. The predicted octanol–water partition coefficient (Wildman–Crippen LogP) is 0.852. The number of Topliss-reactive ketones (excluding diaryl/α,β-unsaturated/α-hetero) is 1. The van der Waals surface area contributed by atoms with Crippen LogP contribution in [0.4, 0.5) is 0 Å². The number of carbonyl (C=O) groups is 2. The lowest BCUT2D eigenvalue weighted by molar-refractivity contribution is -0.152. The van der Waals surface area contributed by atoms with E-state index in [4.69, 9.17) is 9.47 Å². The standard InChI is InChI=1S/C16H20O5.H2O/c1-3-10-21-16(19)15(18)9-6-13(17)11-12-4-7-14(20-2)8-5-12;/h3-5,7-8,15,18H,1,6,9-11H2,2H3;1H2. The van der Waals surface area contributed by atoms with Gasteiger partial charge in [0, 0.05) is 12.8 Å². The molecule has 122 valence electrons. The first kappa shape index (κ1) is 19.8. The monoisotopic (exact) mass is 310 g/mol. The van der Waals surface area contributed by atoms with Crippen LogP contribution >= 0.6 is 0 Å². The number of aliphatic hydroxyl groups excluding tert-OH is 1. The minimum atomic E-state index is -1.27. The number of ketones is 1. The quantitative estimate of drug-likeness (QED) is 0.538. The van der Waals surface area contributed by atoms with Gasteiger partial charge in [0.05, 0.1) is 7.11 Å². The second-order valence-corrected chi connectivity index (χ2v) is 4.54. The summed E-state index contributed by atoms with van der Waals surface area (Å²) < 4.78 is 9.73. The van der Waals surface area contributed by atoms with Crippen LogP contribution in [0.5, 0.6) is 5.75 Å². The highest BCUT2D eigenvalue weighted by molar-refractivity contribution is 5.82. The summed E-state index contributed by atoms with van der Waals surface area (Å²) in [7, 11) is 1.58. The van der Waals surface area contributed by atoms with Crippen molar-refractivity contribution >= 4 is 11.8 Å². The highest BCUT2D eigenvalue weighted by Crippen LogP contribution is 2.13. The third-order valence-electron chi connectivity index (χ3n) is 2.87. The Morgan fingerprint density at radius 3 is 2.50 bits per heavy atom. The van der Waals surface area contributed by atoms with Gasteiger partial charge in [-0.3, -0.25) is 4.79 Å². The molecule has 1 aromatic rings. The van der Waals surface area contributed by atoms with Gasteiger partial charge in [-0.05, 0) is 24.1 Å². The molecule has 0 fully saturated rings. The lowest BCUT2D eigenvalue weighted by atomic mass is 10.0. The second-order valence-electron chi connectivity index (χ2n) is 4.54. The SMILES string of the molecule is C=CCOC(=O)C(O)CCC(=O)Cc1ccc(OC)cc1.O. The molecule has 1 aromatic carbocycles. The average Bonchev–Trinajstić information content (AvgIpc) is 2.50. The fourth-order valence-corrected chi connectivity index (χ4v) is 1.71. The number of aliphatic hydroxyl groups is 1. The average molecular weight is 310 g/mol. The van der Waals surface area contributed by atoms with Crippen LogP contribution in [0.2, 0.25) is 0 Å². The van der Waals surface area contributed by atoms with Crippen LogP contribution < -0.4 is 4.74 Å². The van der Waals surface area contributed by atoms with E-state index in [0.29, 0.717) is 0 Å². The molecule has 0 aliphatic rings. The second kappa shape index (κ2) is 10.5. The summed E-state index contributed by atoms with van der Waals surface area (Å²) in [6, 6.07) is 7.19. The van der Waals surface area contributed by atoms with Gasteiger partial charge in [0.1, 0.15) is 18.1 Å². The summed E-state index contributed by atoms with van der Waals surface area (Å²) >= 11 is 0. The molecule has 6 heteroatoms. The molecule has 0 aromatic heterocycles. The van der Waals surface area contributed by atoms with Crippen LogP contribution in [0.1, 0.15) is 18.4 Å². The maximum Gasteiger partial charge on any atom is 0.335 e. The summed E-state index contributed by atoms with van der Waals surface area (Å²) in [6.07, 6.45) is 0.587. The number of hydrogen-bond donors (Lipinski definition) is 1. The Morgan fingerprint density at radius 2 is 1.95 bits per heavy atom. The van der Waals surface area contributed by atoms with Gasteiger partial charge in [-0.25, -0.2) is 4.79 Å². The van der Waals surface area contributed by atoms with E-state index in [1.807, 2.05) is 12.1 Å². The third-order valence-corrected chi connectivity index (χ3v) is 2.87. The number of hydrogen-bond acceptors (Lipinski definition) is 5. The van der Waals surface area contributed by atoms with E-state index in [2.05, 4.69) is 6.58 Å². The maximum absolute atomic E-state index is 11.8. The van der Waals surface area contributed by atoms with Gasteiger partial charge >= 0.3 is 5.97 Å². The Hall–Kier alpha value is -2.18. The van der Waals surface area contributed by atoms with Crippen molar-refractivity contribution in [3.8, 4) is 5.75 Å². The van der Waals surface area contributed by atoms with Crippen LogP contribution in [-0.2, 0) is 20.7 Å². The zero-order valence-electron chi connectivity index (χ0n) is 12.6. The van der Waals surface area contributed by atoms with Gasteiger partial charge in [0.15, 0.2) is 6.10 Å². The van der Waals surface area contributed by atoms with E-state index < -0.39 is 12.1 Å². The molecule has 1 rings (SSSR count). The van der Waals surface area contributed by atoms with E-state index in [1.165, 1.54) is 6.08 Å². The maximum atomic E-state index is 11.8. The van der Waals surface area contributed by atoms with Gasteiger partial charge in [-0.1, -0.05) is 24.8 Å². The van der Waals surface area contributed by atoms with Crippen molar-refractivity contribution in [3.05, 3.63) is 42.5 Å². The Kier molecular flexibility index (Phi) is 9.49. The van der Waals surface area contributed by atoms with Crippen LogP contribution in [0.25, 0.3) is 0 Å². The fraction of sp³-hybridized carbons (Fsp3) is 0.375. The first-order valence-corrected chi connectivity index (χ1v) is 6.67. The molecule has 0 aliphatic heterocycles. The van der Waals surface area contributed by atoms with Crippen molar-refractivity contribution in [1.82, 2.24) is 0 Å². The molecule has 1 unspecified atom stereocenters. The molecule has 0 saturated carbocycles. The minimum absolute atomic E-state index is 0. The molecule has 0 amide bonds. The van der Waals surface area contributed by atoms with Crippen LogP contribution in [-0.4, -0.2) is 42.2 Å². The largest absolute Gasteiger partial charge is 0.497 e. The minimum Gasteiger partial charge on any atom is -0.497 e. The molecule has 6 nitrogen and oxygen atoms in total. The van der Waals surface area contributed by atoms with Gasteiger partial charge in [0.25, 0.3) is 0 Å². The lowest BCUT2D eigenvalue weighted by Gasteiger charge is -2.09. The third kappa shape index (κ3) is 7.01. The zero-order valence-corrected chi connectivity index (χ0v) is 12.6. The molecule has 22 heavy (non-hydrogen) atoms. The number of rotatable bonds is 9. The normalized spacial score (nSPS) is 11.0. The Morgan fingerprint density at radius 1 is 1.32 bits per heavy atom. The van der Waals surface area contributed by atoms with Crippen molar-refractivity contribution in [1.29, 1.82) is 0 Å². The lowest BCUT2D eigenvalue weighted by Crippen LogP contribution is -2.24. The van der Waals surface area contributed by atoms with Gasteiger partial charge in [-0.2, -0.15) is 0 Å². The van der Waals surface area contributed by atoms with Crippen molar-refractivity contribution < 1.29 is 29.6 Å². The summed E-state index contributed by atoms with van der Waals surface area (Å²) in [5.74, 6) is -0.0468. The number of esters is 1. The van der Waals surface area contributed by atoms with Crippen molar-refractivity contribution in [2.24, 2.45) is 0 Å². The molecule has 0 aliphatic carbocycles. The Labute approximate surface area is 129 Å². The Bertz CT molecular complexity index is 480. The summed E-state index contributed by atoms with van der Waals surface area (Å²) in [4.78, 5) is 23.1. The summed E-state index contributed by atoms with van der Waals surface area (Å²) in [5.41, 5.74) is 0.865. The molecular weight excluding hydrogens is 288 g/mol. The van der Waals surface area contributed by atoms with E-state index in [0.717, 1.165) is 11.3 Å². The number of benzene rings is 1. The van der Waals surface area contributed by atoms with E-state index >= 15 is 0 Å². The number of ether oxygens (including phenoxy) is 2. The van der Waals surface area contributed by atoms with Crippen molar-refractivity contribution in [3.63, 3.8) is 0 Å². The van der Waals surface area contributed by atoms with E-state index in [9.17, 15) is 14.7 Å². The number of methoxy groups -OCH3 is 1. The first-order valence-electron chi connectivity index (χ1n) is 6.67. The van der Waals surface area contributed by atoms with Crippen molar-refractivity contribution in [2.75, 3.05) is 13.7 Å². The van der Waals surface area contributed by atoms with Crippen LogP contribution in [0.15, 0.2) is 36.9 Å². The van der Waals surface area contributed by atoms with Gasteiger partial charge < -0.3 is 20.1 Å². The molecule has 0 saturated heterocycles. The topological polar surface area (TPSA) is 104 Å². The molecule has 0 spiro atoms. The molecule has 3 N–H and O–H groups in total. The number of carbonyl (C=O) groups excluding carboxylic acids is 2. The molecule has 0 radical (unpaired) electrons. The van der Waals surface area contributed by atoms with E-state index in [-0.39, 0.29) is 37.1 Å². The van der Waals surface area contributed by atoms with Crippen molar-refractivity contribution in [2.45, 2.75) is 25.4 Å². The fourth-order valence-electron chi connectivity index (χ4n) is 1.71. The predicted molar refractivity (Wildman–Crippen MR) is 81.7 cm³/mol. The molecule has 1 atom stereocenters. The van der Waals surface area contributed by atoms with Crippen LogP contribution in [0, 0.1) is 0 Å². The van der Waals surface area contributed by atoms with E-state index in [1.54, 1.807) is 19.2 Å². The van der Waals surface area contributed by atoms with Gasteiger partial charge in [-0.15, -0.1) is 0 Å². The highest BCUT2D eigenvalue weighted by Gasteiger charge is 2.17. The summed E-state index contributed by atoms with van der Waals surface area (Å²) in [5, 5.41) is 9.55. The smallest absolute Gasteiger partial charge is 0.335 e. The molecule has 0 bridgehead atoms. The molecule has 0 heterocycles. The van der Waals surface area contributed by atoms with Gasteiger partial charge in [0.2, 0.25) is 0 Å². The Balaban J connectivity index is 0.00000441. The first-order chi connectivity index (χ1) is 10.1. The molecular formula is C16H22O6. The highest BCUT2D eigenvalue weighted by atomic mass is 16.5.